The van der Waals surface area contributed by atoms with Crippen LogP contribution in [0.4, 0.5) is 0 Å². The molecule has 2 saturated heterocycles. The maximum Gasteiger partial charge on any atom is 0.119 e. The van der Waals surface area contributed by atoms with Gasteiger partial charge >= 0.3 is 0 Å². The minimum absolute atomic E-state index is 0.821. The highest BCUT2D eigenvalue weighted by Gasteiger charge is 2.25. The Labute approximate surface area is 147 Å². The Morgan fingerprint density at radius 1 is 0.833 bits per heavy atom. The minimum Gasteiger partial charge on any atom is -0.492 e. The molecule has 1 atom stereocenters. The molecule has 2 aliphatic heterocycles. The van der Waals surface area contributed by atoms with E-state index >= 15 is 0 Å². The molecule has 2 heterocycles. The minimum atomic E-state index is 0.821. The lowest BCUT2D eigenvalue weighted by Crippen LogP contribution is -2.33. The molecule has 0 aromatic heterocycles. The van der Waals surface area contributed by atoms with Crippen LogP contribution in [0.25, 0.3) is 0 Å². The van der Waals surface area contributed by atoms with Gasteiger partial charge in [-0.15, -0.1) is 0 Å². The van der Waals surface area contributed by atoms with E-state index in [1.54, 1.807) is 5.56 Å². The molecule has 1 aromatic carbocycles. The molecule has 1 aliphatic carbocycles. The Balaban J connectivity index is 1.25. The number of piperidine rings is 1. The number of fused-ring (bicyclic) bond motifs is 1. The smallest absolute Gasteiger partial charge is 0.119 e. The Morgan fingerprint density at radius 3 is 2.38 bits per heavy atom. The second-order valence-electron chi connectivity index (χ2n) is 7.96. The van der Waals surface area contributed by atoms with Gasteiger partial charge in [0.05, 0.1) is 0 Å². The van der Waals surface area contributed by atoms with Crippen molar-refractivity contribution in [3.63, 3.8) is 0 Å². The van der Waals surface area contributed by atoms with E-state index in [2.05, 4.69) is 28.0 Å². The van der Waals surface area contributed by atoms with Crippen LogP contribution in [0.1, 0.15) is 43.2 Å². The first kappa shape index (κ1) is 16.4. The summed E-state index contributed by atoms with van der Waals surface area (Å²) < 4.78 is 6.05. The highest BCUT2D eigenvalue weighted by atomic mass is 16.5. The molecule has 24 heavy (non-hydrogen) atoms. The zero-order chi connectivity index (χ0) is 16.2. The highest BCUT2D eigenvalue weighted by Crippen LogP contribution is 2.31. The molecule has 0 saturated carbocycles. The number of likely N-dealkylation sites (tertiary alicyclic amines) is 2. The molecular formula is C21H32N2O. The van der Waals surface area contributed by atoms with Crippen molar-refractivity contribution in [3.8, 4) is 5.75 Å². The van der Waals surface area contributed by atoms with Gasteiger partial charge in [0.25, 0.3) is 0 Å². The lowest BCUT2D eigenvalue weighted by molar-refractivity contribution is 0.183. The molecule has 2 fully saturated rings. The van der Waals surface area contributed by atoms with Gasteiger partial charge in [0.2, 0.25) is 0 Å². The molecule has 0 spiro atoms. The van der Waals surface area contributed by atoms with Crippen molar-refractivity contribution in [3.05, 3.63) is 29.3 Å². The van der Waals surface area contributed by atoms with Gasteiger partial charge < -0.3 is 9.64 Å². The van der Waals surface area contributed by atoms with Crippen LogP contribution in [0.5, 0.6) is 5.75 Å². The first-order chi connectivity index (χ1) is 11.9. The molecule has 132 valence electrons. The first-order valence-corrected chi connectivity index (χ1v) is 10.1. The molecular weight excluding hydrogens is 296 g/mol. The highest BCUT2D eigenvalue weighted by molar-refractivity contribution is 5.39. The second-order valence-corrected chi connectivity index (χ2v) is 7.96. The Kier molecular flexibility index (Phi) is 5.39. The number of hydrogen-bond donors (Lipinski definition) is 0. The third-order valence-corrected chi connectivity index (χ3v) is 6.03. The lowest BCUT2D eigenvalue weighted by atomic mass is 10.1. The summed E-state index contributed by atoms with van der Waals surface area (Å²) in [6, 6.07) is 6.82. The van der Waals surface area contributed by atoms with Crippen LogP contribution < -0.4 is 4.74 Å². The van der Waals surface area contributed by atoms with Crippen LogP contribution in [0.15, 0.2) is 18.2 Å². The summed E-state index contributed by atoms with van der Waals surface area (Å²) in [6.07, 6.45) is 9.42. The van der Waals surface area contributed by atoms with Gasteiger partial charge in [-0.2, -0.15) is 0 Å². The quantitative estimate of drug-likeness (QED) is 0.796. The van der Waals surface area contributed by atoms with Crippen molar-refractivity contribution in [2.24, 2.45) is 5.92 Å². The standard InChI is InChI=1S/C21H32N2O/c1-2-8-22(9-3-1)12-13-24-21-7-6-19-14-18(15-20(19)16-21)17-23-10-4-5-11-23/h6-7,16,18H,1-5,8-15,17H2. The molecule has 0 radical (unpaired) electrons. The number of ether oxygens (including phenoxy) is 1. The summed E-state index contributed by atoms with van der Waals surface area (Å²) in [5.41, 5.74) is 3.09. The number of rotatable bonds is 6. The van der Waals surface area contributed by atoms with Crippen molar-refractivity contribution in [2.45, 2.75) is 44.9 Å². The van der Waals surface area contributed by atoms with Crippen LogP contribution in [0.2, 0.25) is 0 Å². The topological polar surface area (TPSA) is 15.7 Å². The van der Waals surface area contributed by atoms with Gasteiger partial charge in [-0.1, -0.05) is 12.5 Å². The molecule has 1 unspecified atom stereocenters. The summed E-state index contributed by atoms with van der Waals surface area (Å²) in [5, 5.41) is 0. The van der Waals surface area contributed by atoms with Crippen LogP contribution in [0, 0.1) is 5.92 Å². The van der Waals surface area contributed by atoms with Crippen LogP contribution in [-0.4, -0.2) is 55.7 Å². The molecule has 0 bridgehead atoms. The molecule has 3 aliphatic rings. The zero-order valence-electron chi connectivity index (χ0n) is 15.0. The summed E-state index contributed by atoms with van der Waals surface area (Å²) in [4.78, 5) is 5.20. The Hall–Kier alpha value is -1.06. The average Bonchev–Trinajstić information content (AvgIpc) is 3.25. The summed E-state index contributed by atoms with van der Waals surface area (Å²) in [5.74, 6) is 1.90. The molecule has 3 heteroatoms. The normalized spacial score (nSPS) is 25.1. The van der Waals surface area contributed by atoms with E-state index in [1.165, 1.54) is 83.2 Å². The molecule has 3 nitrogen and oxygen atoms in total. The molecule has 0 amide bonds. The monoisotopic (exact) mass is 328 g/mol. The van der Waals surface area contributed by atoms with E-state index in [-0.39, 0.29) is 0 Å². The third kappa shape index (κ3) is 4.12. The van der Waals surface area contributed by atoms with Crippen LogP contribution in [-0.2, 0) is 12.8 Å². The number of hydrogen-bond acceptors (Lipinski definition) is 3. The van der Waals surface area contributed by atoms with E-state index in [4.69, 9.17) is 4.74 Å². The Bertz CT molecular complexity index is 533. The summed E-state index contributed by atoms with van der Waals surface area (Å²) >= 11 is 0. The van der Waals surface area contributed by atoms with Crippen molar-refractivity contribution in [1.82, 2.24) is 9.80 Å². The van der Waals surface area contributed by atoms with Gasteiger partial charge in [-0.25, -0.2) is 0 Å². The summed E-state index contributed by atoms with van der Waals surface area (Å²) in [7, 11) is 0. The fourth-order valence-corrected chi connectivity index (χ4v) is 4.71. The maximum absolute atomic E-state index is 6.05. The number of benzene rings is 1. The first-order valence-electron chi connectivity index (χ1n) is 10.1. The van der Waals surface area contributed by atoms with E-state index in [1.807, 2.05) is 0 Å². The van der Waals surface area contributed by atoms with E-state index in [9.17, 15) is 0 Å². The molecule has 1 aromatic rings. The Morgan fingerprint density at radius 2 is 1.54 bits per heavy atom. The van der Waals surface area contributed by atoms with Crippen molar-refractivity contribution in [2.75, 3.05) is 45.9 Å². The van der Waals surface area contributed by atoms with Crippen molar-refractivity contribution in [1.29, 1.82) is 0 Å². The fraction of sp³-hybridized carbons (Fsp3) is 0.714. The second kappa shape index (κ2) is 7.88. The lowest BCUT2D eigenvalue weighted by Gasteiger charge is -2.26. The van der Waals surface area contributed by atoms with Crippen molar-refractivity contribution >= 4 is 0 Å². The van der Waals surface area contributed by atoms with Gasteiger partial charge in [-0.3, -0.25) is 4.90 Å². The zero-order valence-corrected chi connectivity index (χ0v) is 15.0. The predicted octanol–water partition coefficient (Wildman–Crippen LogP) is 3.36. The SMILES string of the molecule is c1cc2c(cc1OCCN1CCCCC1)CC(CN1CCCC1)C2. The molecule has 4 rings (SSSR count). The van der Waals surface area contributed by atoms with Gasteiger partial charge in [0.15, 0.2) is 0 Å². The van der Waals surface area contributed by atoms with E-state index < -0.39 is 0 Å². The van der Waals surface area contributed by atoms with E-state index in [0.717, 1.165) is 24.8 Å². The number of nitrogens with zero attached hydrogens (tertiary/aromatic N) is 2. The largest absolute Gasteiger partial charge is 0.492 e. The maximum atomic E-state index is 6.05. The van der Waals surface area contributed by atoms with Gasteiger partial charge in [-0.05, 0) is 93.9 Å². The fourth-order valence-electron chi connectivity index (χ4n) is 4.71. The predicted molar refractivity (Wildman–Crippen MR) is 98.8 cm³/mol. The van der Waals surface area contributed by atoms with Crippen LogP contribution in [0.3, 0.4) is 0 Å². The molecule has 0 N–H and O–H groups in total. The van der Waals surface area contributed by atoms with Crippen molar-refractivity contribution < 1.29 is 4.74 Å². The van der Waals surface area contributed by atoms with Gasteiger partial charge in [0, 0.05) is 13.1 Å². The summed E-state index contributed by atoms with van der Waals surface area (Å²) in [6.45, 7) is 8.34. The van der Waals surface area contributed by atoms with Crippen LogP contribution >= 0.6 is 0 Å². The third-order valence-electron chi connectivity index (χ3n) is 6.03. The van der Waals surface area contributed by atoms with Gasteiger partial charge in [0.1, 0.15) is 12.4 Å². The average molecular weight is 329 g/mol. The van der Waals surface area contributed by atoms with E-state index in [0.29, 0.717) is 0 Å².